The first-order valence-corrected chi connectivity index (χ1v) is 7.16. The Morgan fingerprint density at radius 1 is 1.30 bits per heavy atom. The summed E-state index contributed by atoms with van der Waals surface area (Å²) in [6.07, 6.45) is 1.97. The van der Waals surface area contributed by atoms with E-state index in [1.54, 1.807) is 11.8 Å². The van der Waals surface area contributed by atoms with Crippen LogP contribution in [0.2, 0.25) is 0 Å². The van der Waals surface area contributed by atoms with E-state index in [1.165, 1.54) is 0 Å². The fraction of sp³-hybridized carbons (Fsp3) is 0.786. The van der Waals surface area contributed by atoms with Crippen LogP contribution in [0.3, 0.4) is 0 Å². The van der Waals surface area contributed by atoms with E-state index in [0.717, 1.165) is 12.8 Å². The number of nitriles is 1. The summed E-state index contributed by atoms with van der Waals surface area (Å²) >= 11 is 0. The van der Waals surface area contributed by atoms with Gasteiger partial charge >= 0.3 is 0 Å². The Balaban J connectivity index is 2.46. The van der Waals surface area contributed by atoms with E-state index in [-0.39, 0.29) is 30.8 Å². The summed E-state index contributed by atoms with van der Waals surface area (Å²) in [6, 6.07) is 2.19. The van der Waals surface area contributed by atoms with Gasteiger partial charge in [-0.25, -0.2) is 0 Å². The lowest BCUT2D eigenvalue weighted by atomic mass is 9.98. The zero-order valence-corrected chi connectivity index (χ0v) is 12.5. The highest BCUT2D eigenvalue weighted by Crippen LogP contribution is 2.39. The number of amides is 2. The normalized spacial score (nSPS) is 17.1. The molecule has 6 heteroatoms. The Kier molecular flexibility index (Phi) is 5.96. The number of carbonyl (C=O) groups excluding carboxylic acids is 2. The molecule has 2 N–H and O–H groups in total. The number of nitrogens with one attached hydrogen (secondary N) is 2. The average Bonchev–Trinajstić information content (AvgIpc) is 3.22. The molecule has 0 saturated heterocycles. The molecule has 0 aromatic rings. The van der Waals surface area contributed by atoms with Gasteiger partial charge in [0, 0.05) is 6.54 Å². The first-order valence-electron chi connectivity index (χ1n) is 7.16. The fourth-order valence-electron chi connectivity index (χ4n) is 2.15. The van der Waals surface area contributed by atoms with Crippen LogP contribution in [0.15, 0.2) is 0 Å². The van der Waals surface area contributed by atoms with Gasteiger partial charge in [0.1, 0.15) is 5.54 Å². The SMILES string of the molecule is CCNC(=O)CN(CC)CC(=O)NC(C)(C#N)C1CC1. The van der Waals surface area contributed by atoms with Crippen LogP contribution in [0.4, 0.5) is 0 Å². The molecule has 1 rings (SSSR count). The van der Waals surface area contributed by atoms with Crippen molar-refractivity contribution in [2.75, 3.05) is 26.2 Å². The largest absolute Gasteiger partial charge is 0.355 e. The number of hydrogen-bond donors (Lipinski definition) is 2. The molecular formula is C14H24N4O2. The maximum atomic E-state index is 12.0. The van der Waals surface area contributed by atoms with Crippen molar-refractivity contribution in [1.82, 2.24) is 15.5 Å². The van der Waals surface area contributed by atoms with Crippen molar-refractivity contribution in [2.45, 2.75) is 39.2 Å². The molecule has 1 unspecified atom stereocenters. The van der Waals surface area contributed by atoms with Crippen LogP contribution >= 0.6 is 0 Å². The molecule has 0 spiro atoms. The van der Waals surface area contributed by atoms with Gasteiger partial charge in [0.05, 0.1) is 19.2 Å². The second kappa shape index (κ2) is 7.25. The second-order valence-electron chi connectivity index (χ2n) is 5.39. The van der Waals surface area contributed by atoms with E-state index in [9.17, 15) is 14.9 Å². The predicted octanol–water partition coefficient (Wildman–Crippen LogP) is 0.253. The molecule has 0 heterocycles. The highest BCUT2D eigenvalue weighted by atomic mass is 16.2. The van der Waals surface area contributed by atoms with Crippen LogP contribution in [0.25, 0.3) is 0 Å². The van der Waals surface area contributed by atoms with Gasteiger partial charge < -0.3 is 10.6 Å². The molecule has 1 aliphatic rings. The maximum absolute atomic E-state index is 12.0. The molecule has 6 nitrogen and oxygen atoms in total. The van der Waals surface area contributed by atoms with Crippen LogP contribution in [0.5, 0.6) is 0 Å². The minimum absolute atomic E-state index is 0.0904. The summed E-state index contributed by atoms with van der Waals surface area (Å²) in [5.41, 5.74) is -0.776. The number of carbonyl (C=O) groups is 2. The van der Waals surface area contributed by atoms with Crippen molar-refractivity contribution in [3.05, 3.63) is 0 Å². The Bertz CT molecular complexity index is 400. The van der Waals surface area contributed by atoms with E-state index >= 15 is 0 Å². The van der Waals surface area contributed by atoms with Gasteiger partial charge in [0.25, 0.3) is 0 Å². The highest BCUT2D eigenvalue weighted by molar-refractivity contribution is 5.81. The molecular weight excluding hydrogens is 256 g/mol. The summed E-state index contributed by atoms with van der Waals surface area (Å²) < 4.78 is 0. The molecule has 0 radical (unpaired) electrons. The maximum Gasteiger partial charge on any atom is 0.235 e. The summed E-state index contributed by atoms with van der Waals surface area (Å²) in [7, 11) is 0. The van der Waals surface area contributed by atoms with Crippen molar-refractivity contribution < 1.29 is 9.59 Å². The van der Waals surface area contributed by atoms with Crippen LogP contribution in [0.1, 0.15) is 33.6 Å². The monoisotopic (exact) mass is 280 g/mol. The lowest BCUT2D eigenvalue weighted by molar-refractivity contribution is -0.125. The second-order valence-corrected chi connectivity index (χ2v) is 5.39. The first kappa shape index (κ1) is 16.4. The van der Waals surface area contributed by atoms with Gasteiger partial charge in [0.15, 0.2) is 0 Å². The Hall–Kier alpha value is -1.61. The van der Waals surface area contributed by atoms with Gasteiger partial charge in [-0.1, -0.05) is 6.92 Å². The molecule has 2 amide bonds. The molecule has 0 aliphatic heterocycles. The van der Waals surface area contributed by atoms with Crippen LogP contribution in [-0.4, -0.2) is 48.4 Å². The third kappa shape index (κ3) is 4.82. The lowest BCUT2D eigenvalue weighted by Gasteiger charge is -2.25. The number of nitrogens with zero attached hydrogens (tertiary/aromatic N) is 2. The van der Waals surface area contributed by atoms with Gasteiger partial charge in [-0.3, -0.25) is 14.5 Å². The minimum atomic E-state index is -0.776. The summed E-state index contributed by atoms with van der Waals surface area (Å²) in [4.78, 5) is 25.3. The molecule has 1 fully saturated rings. The molecule has 1 saturated carbocycles. The molecule has 0 aromatic heterocycles. The Morgan fingerprint density at radius 3 is 2.35 bits per heavy atom. The van der Waals surface area contributed by atoms with Gasteiger partial charge in [-0.2, -0.15) is 5.26 Å². The molecule has 0 bridgehead atoms. The van der Waals surface area contributed by atoms with Crippen LogP contribution < -0.4 is 10.6 Å². The molecule has 0 aromatic carbocycles. The van der Waals surface area contributed by atoms with Crippen molar-refractivity contribution >= 4 is 11.8 Å². The topological polar surface area (TPSA) is 85.2 Å². The average molecular weight is 280 g/mol. The number of likely N-dealkylation sites (N-methyl/N-ethyl adjacent to an activating group) is 2. The van der Waals surface area contributed by atoms with Crippen LogP contribution in [-0.2, 0) is 9.59 Å². The van der Waals surface area contributed by atoms with E-state index < -0.39 is 5.54 Å². The molecule has 112 valence electrons. The summed E-state index contributed by atoms with van der Waals surface area (Å²) in [5.74, 6) is -0.0330. The van der Waals surface area contributed by atoms with Crippen molar-refractivity contribution in [3.8, 4) is 6.07 Å². The number of rotatable bonds is 8. The summed E-state index contributed by atoms with van der Waals surface area (Å²) in [5, 5.41) is 14.7. The van der Waals surface area contributed by atoms with E-state index in [1.807, 2.05) is 13.8 Å². The van der Waals surface area contributed by atoms with Gasteiger partial charge in [-0.05, 0) is 39.2 Å². The van der Waals surface area contributed by atoms with Crippen molar-refractivity contribution in [2.24, 2.45) is 5.92 Å². The smallest absolute Gasteiger partial charge is 0.235 e. The molecule has 1 aliphatic carbocycles. The Labute approximate surface area is 120 Å². The Morgan fingerprint density at radius 2 is 1.90 bits per heavy atom. The zero-order valence-electron chi connectivity index (χ0n) is 12.5. The quantitative estimate of drug-likeness (QED) is 0.667. The standard InChI is InChI=1S/C14H24N4O2/c1-4-16-12(19)8-18(5-2)9-13(20)17-14(3,10-15)11-6-7-11/h11H,4-9H2,1-3H3,(H,16,19)(H,17,20). The first-order chi connectivity index (χ1) is 9.45. The van der Waals surface area contributed by atoms with Gasteiger partial charge in [0.2, 0.25) is 11.8 Å². The van der Waals surface area contributed by atoms with Crippen molar-refractivity contribution in [3.63, 3.8) is 0 Å². The van der Waals surface area contributed by atoms with E-state index in [0.29, 0.717) is 13.1 Å². The molecule has 20 heavy (non-hydrogen) atoms. The van der Waals surface area contributed by atoms with Crippen molar-refractivity contribution in [1.29, 1.82) is 5.26 Å². The third-order valence-electron chi connectivity index (χ3n) is 3.58. The number of hydrogen-bond acceptors (Lipinski definition) is 4. The molecule has 1 atom stereocenters. The predicted molar refractivity (Wildman–Crippen MR) is 75.7 cm³/mol. The van der Waals surface area contributed by atoms with Gasteiger partial charge in [-0.15, -0.1) is 0 Å². The minimum Gasteiger partial charge on any atom is -0.355 e. The van der Waals surface area contributed by atoms with E-state index in [4.69, 9.17) is 0 Å². The van der Waals surface area contributed by atoms with Crippen LogP contribution in [0, 0.1) is 17.2 Å². The summed E-state index contributed by atoms with van der Waals surface area (Å²) in [6.45, 7) is 7.05. The highest BCUT2D eigenvalue weighted by Gasteiger charge is 2.43. The zero-order chi connectivity index (χ0) is 15.2. The fourth-order valence-corrected chi connectivity index (χ4v) is 2.15. The lowest BCUT2D eigenvalue weighted by Crippen LogP contribution is -2.51. The third-order valence-corrected chi connectivity index (χ3v) is 3.58. The van der Waals surface area contributed by atoms with E-state index in [2.05, 4.69) is 16.7 Å².